The molecule has 0 saturated heterocycles. The van der Waals surface area contributed by atoms with Crippen LogP contribution in [0.4, 0.5) is 0 Å². The molecule has 0 aromatic heterocycles. The molecular formula is C8H19NO5. The van der Waals surface area contributed by atoms with E-state index in [4.69, 9.17) is 20.1 Å². The molecule has 0 aliphatic heterocycles. The summed E-state index contributed by atoms with van der Waals surface area (Å²) in [4.78, 5) is 10.2. The summed E-state index contributed by atoms with van der Waals surface area (Å²) in [5, 5.41) is 26.2. The Morgan fingerprint density at radius 3 is 1.57 bits per heavy atom. The van der Waals surface area contributed by atoms with Crippen LogP contribution in [-0.4, -0.2) is 47.2 Å². The van der Waals surface area contributed by atoms with Crippen molar-refractivity contribution < 1.29 is 24.9 Å². The molecule has 6 N–H and O–H groups in total. The zero-order chi connectivity index (χ0) is 10.2. The molecule has 0 atom stereocenters. The predicted molar refractivity (Wildman–Crippen MR) is 50.0 cm³/mol. The summed E-state index contributed by atoms with van der Waals surface area (Å²) in [6, 6.07) is 0. The number of hydrogen-bond acceptors (Lipinski definition) is 6. The second-order valence-electron chi connectivity index (χ2n) is 2.82. The van der Waals surface area contributed by atoms with Crippen LogP contribution in [0.2, 0.25) is 0 Å². The summed E-state index contributed by atoms with van der Waals surface area (Å²) in [7, 11) is 0. The Morgan fingerprint density at radius 1 is 1.00 bits per heavy atom. The van der Waals surface area contributed by atoms with E-state index < -0.39 is 5.60 Å². The topological polar surface area (TPSA) is 122 Å². The number of aliphatic hydroxyl groups is 3. The molecule has 0 bridgehead atoms. The van der Waals surface area contributed by atoms with Gasteiger partial charge in [0.1, 0.15) is 5.60 Å². The molecule has 0 spiro atoms. The molecule has 0 aromatic carbocycles. The van der Waals surface area contributed by atoms with Crippen LogP contribution < -0.4 is 6.15 Å². The van der Waals surface area contributed by atoms with Gasteiger partial charge in [0.2, 0.25) is 0 Å². The van der Waals surface area contributed by atoms with Gasteiger partial charge < -0.3 is 26.2 Å². The van der Waals surface area contributed by atoms with Crippen LogP contribution >= 0.6 is 0 Å². The molecule has 0 unspecified atom stereocenters. The normalized spacial score (nSPS) is 10.5. The van der Waals surface area contributed by atoms with Crippen LogP contribution in [0.1, 0.15) is 19.3 Å². The van der Waals surface area contributed by atoms with E-state index in [0.717, 1.165) is 0 Å². The van der Waals surface area contributed by atoms with Crippen LogP contribution in [0.3, 0.4) is 0 Å². The maximum absolute atomic E-state index is 10.2. The third-order valence-electron chi connectivity index (χ3n) is 2.00. The standard InChI is InChI=1S/C8H16O5.H3N/c9-4-1-8(2-5-10,3-6-11)13-7-12;/h7,9-11H,1-6H2;1H3. The molecule has 86 valence electrons. The molecule has 6 nitrogen and oxygen atoms in total. The van der Waals surface area contributed by atoms with Crippen LogP contribution in [-0.2, 0) is 9.53 Å². The first-order valence-electron chi connectivity index (χ1n) is 4.18. The molecule has 0 heterocycles. The smallest absolute Gasteiger partial charge is 0.293 e. The highest BCUT2D eigenvalue weighted by molar-refractivity contribution is 5.38. The van der Waals surface area contributed by atoms with Gasteiger partial charge in [-0.05, 0) is 0 Å². The molecule has 0 fully saturated rings. The average molecular weight is 209 g/mol. The molecule has 0 radical (unpaired) electrons. The number of carbonyl (C=O) groups excluding carboxylic acids is 1. The lowest BCUT2D eigenvalue weighted by Crippen LogP contribution is -2.35. The summed E-state index contributed by atoms with van der Waals surface area (Å²) in [5.74, 6) is 0. The van der Waals surface area contributed by atoms with Gasteiger partial charge in [0.15, 0.2) is 0 Å². The summed E-state index contributed by atoms with van der Waals surface area (Å²) in [5.41, 5.74) is -0.917. The lowest BCUT2D eigenvalue weighted by Gasteiger charge is -2.30. The van der Waals surface area contributed by atoms with Gasteiger partial charge in [-0.1, -0.05) is 0 Å². The quantitative estimate of drug-likeness (QED) is 0.388. The van der Waals surface area contributed by atoms with Crippen molar-refractivity contribution in [2.75, 3.05) is 19.8 Å². The summed E-state index contributed by atoms with van der Waals surface area (Å²) in [6.07, 6.45) is 0.687. The Labute approximate surface area is 83.1 Å². The third kappa shape index (κ3) is 5.13. The van der Waals surface area contributed by atoms with Crippen molar-refractivity contribution in [1.29, 1.82) is 0 Å². The minimum absolute atomic E-state index is 0. The Morgan fingerprint density at radius 2 is 1.36 bits per heavy atom. The Bertz CT molecular complexity index is 125. The van der Waals surface area contributed by atoms with E-state index in [1.807, 2.05) is 0 Å². The maximum atomic E-state index is 10.2. The number of rotatable bonds is 8. The number of aliphatic hydroxyl groups excluding tert-OH is 3. The van der Waals surface area contributed by atoms with Gasteiger partial charge >= 0.3 is 0 Å². The van der Waals surface area contributed by atoms with E-state index in [1.54, 1.807) is 0 Å². The van der Waals surface area contributed by atoms with Crippen molar-refractivity contribution in [1.82, 2.24) is 6.15 Å². The fraction of sp³-hybridized carbons (Fsp3) is 0.875. The molecule has 0 aliphatic rings. The van der Waals surface area contributed by atoms with Gasteiger partial charge in [0.05, 0.1) is 0 Å². The maximum Gasteiger partial charge on any atom is 0.293 e. The lowest BCUT2D eigenvalue weighted by molar-refractivity contribution is -0.148. The summed E-state index contributed by atoms with van der Waals surface area (Å²) >= 11 is 0. The Balaban J connectivity index is 0. The average Bonchev–Trinajstić information content (AvgIpc) is 2.06. The Hall–Kier alpha value is -0.690. The zero-order valence-corrected chi connectivity index (χ0v) is 8.19. The summed E-state index contributed by atoms with van der Waals surface area (Å²) < 4.78 is 4.79. The minimum Gasteiger partial charge on any atom is -0.461 e. The van der Waals surface area contributed by atoms with E-state index in [1.165, 1.54) is 0 Å². The minimum atomic E-state index is -0.917. The van der Waals surface area contributed by atoms with E-state index >= 15 is 0 Å². The number of carbonyl (C=O) groups is 1. The van der Waals surface area contributed by atoms with E-state index in [0.29, 0.717) is 0 Å². The lowest BCUT2D eigenvalue weighted by atomic mass is 9.92. The molecule has 0 amide bonds. The first-order chi connectivity index (χ1) is 6.24. The van der Waals surface area contributed by atoms with Crippen molar-refractivity contribution >= 4 is 6.47 Å². The highest BCUT2D eigenvalue weighted by atomic mass is 16.5. The van der Waals surface area contributed by atoms with Crippen LogP contribution in [0.25, 0.3) is 0 Å². The Kier molecular flexibility index (Phi) is 10.0. The molecule has 6 heteroatoms. The van der Waals surface area contributed by atoms with Crippen LogP contribution in [0.5, 0.6) is 0 Å². The largest absolute Gasteiger partial charge is 0.461 e. The van der Waals surface area contributed by atoms with Gasteiger partial charge in [-0.3, -0.25) is 4.79 Å². The zero-order valence-electron chi connectivity index (χ0n) is 8.19. The third-order valence-corrected chi connectivity index (χ3v) is 2.00. The number of hydrogen-bond donors (Lipinski definition) is 4. The molecular weight excluding hydrogens is 190 g/mol. The monoisotopic (exact) mass is 209 g/mol. The molecule has 0 rings (SSSR count). The van der Waals surface area contributed by atoms with E-state index in [2.05, 4.69) is 0 Å². The fourth-order valence-electron chi connectivity index (χ4n) is 1.27. The highest BCUT2D eigenvalue weighted by Gasteiger charge is 2.30. The second-order valence-corrected chi connectivity index (χ2v) is 2.82. The van der Waals surface area contributed by atoms with Gasteiger partial charge in [-0.15, -0.1) is 0 Å². The molecule has 0 aliphatic carbocycles. The van der Waals surface area contributed by atoms with Crippen LogP contribution in [0, 0.1) is 0 Å². The van der Waals surface area contributed by atoms with Crippen molar-refractivity contribution in [2.24, 2.45) is 0 Å². The molecule has 14 heavy (non-hydrogen) atoms. The second kappa shape index (κ2) is 8.89. The molecule has 0 aromatic rings. The van der Waals surface area contributed by atoms with Gasteiger partial charge in [-0.2, -0.15) is 0 Å². The first kappa shape index (κ1) is 15.8. The van der Waals surface area contributed by atoms with E-state index in [-0.39, 0.29) is 51.7 Å². The van der Waals surface area contributed by atoms with Crippen molar-refractivity contribution in [3.05, 3.63) is 0 Å². The summed E-state index contributed by atoms with van der Waals surface area (Å²) in [6.45, 7) is -0.156. The number of ether oxygens (including phenoxy) is 1. The highest BCUT2D eigenvalue weighted by Crippen LogP contribution is 2.23. The molecule has 0 saturated carbocycles. The SMILES string of the molecule is N.O=COC(CCO)(CCO)CCO. The van der Waals surface area contributed by atoms with Crippen LogP contribution in [0.15, 0.2) is 0 Å². The van der Waals surface area contributed by atoms with Gasteiger partial charge in [0.25, 0.3) is 6.47 Å². The fourth-order valence-corrected chi connectivity index (χ4v) is 1.27. The van der Waals surface area contributed by atoms with E-state index in [9.17, 15) is 4.79 Å². The van der Waals surface area contributed by atoms with Gasteiger partial charge in [-0.25, -0.2) is 0 Å². The van der Waals surface area contributed by atoms with Crippen molar-refractivity contribution in [3.8, 4) is 0 Å². The van der Waals surface area contributed by atoms with Crippen molar-refractivity contribution in [2.45, 2.75) is 24.9 Å². The first-order valence-corrected chi connectivity index (χ1v) is 4.18. The van der Waals surface area contributed by atoms with Gasteiger partial charge in [0, 0.05) is 39.1 Å². The van der Waals surface area contributed by atoms with Crippen molar-refractivity contribution in [3.63, 3.8) is 0 Å². The predicted octanol–water partition coefficient (Wildman–Crippen LogP) is -0.793.